The van der Waals surface area contributed by atoms with E-state index in [2.05, 4.69) is 5.32 Å². The number of rotatable bonds is 7. The Morgan fingerprint density at radius 2 is 1.83 bits per heavy atom. The van der Waals surface area contributed by atoms with Crippen LogP contribution < -0.4 is 5.32 Å². The number of carbonyl (C=O) groups is 3. The minimum atomic E-state index is -0.464. The summed E-state index contributed by atoms with van der Waals surface area (Å²) in [7, 11) is 0. The van der Waals surface area contributed by atoms with Crippen LogP contribution in [0.25, 0.3) is 0 Å². The lowest BCUT2D eigenvalue weighted by Crippen LogP contribution is -2.41. The van der Waals surface area contributed by atoms with Gasteiger partial charge >= 0.3 is 11.9 Å². The molecule has 1 aliphatic rings. The molecule has 1 amide bonds. The maximum absolute atomic E-state index is 12.3. The van der Waals surface area contributed by atoms with Crippen LogP contribution in [0, 0.1) is 17.2 Å². The Hall–Kier alpha value is -2.56. The van der Waals surface area contributed by atoms with Gasteiger partial charge in [-0.3, -0.25) is 14.4 Å². The number of nitriles is 1. The molecule has 1 aliphatic heterocycles. The van der Waals surface area contributed by atoms with E-state index in [1.807, 2.05) is 6.07 Å². The number of piperidine rings is 1. The molecule has 24 heavy (non-hydrogen) atoms. The van der Waals surface area contributed by atoms with E-state index >= 15 is 0 Å². The van der Waals surface area contributed by atoms with Crippen LogP contribution in [-0.2, 0) is 23.9 Å². The van der Waals surface area contributed by atoms with Crippen molar-refractivity contribution in [2.45, 2.75) is 26.7 Å². The maximum atomic E-state index is 12.3. The zero-order valence-corrected chi connectivity index (χ0v) is 14.0. The van der Waals surface area contributed by atoms with Gasteiger partial charge in [0.2, 0.25) is 0 Å². The molecule has 0 radical (unpaired) electrons. The first-order valence-corrected chi connectivity index (χ1v) is 7.98. The van der Waals surface area contributed by atoms with Gasteiger partial charge in [0, 0.05) is 19.3 Å². The van der Waals surface area contributed by atoms with Crippen molar-refractivity contribution in [3.05, 3.63) is 11.8 Å². The van der Waals surface area contributed by atoms with Gasteiger partial charge in [-0.2, -0.15) is 5.26 Å². The van der Waals surface area contributed by atoms with Crippen LogP contribution in [0.15, 0.2) is 11.8 Å². The van der Waals surface area contributed by atoms with Crippen molar-refractivity contribution in [3.63, 3.8) is 0 Å². The van der Waals surface area contributed by atoms with Crippen molar-refractivity contribution in [2.24, 2.45) is 5.92 Å². The first-order chi connectivity index (χ1) is 11.5. The second kappa shape index (κ2) is 10.3. The number of ether oxygens (including phenoxy) is 2. The predicted molar refractivity (Wildman–Crippen MR) is 84.3 cm³/mol. The van der Waals surface area contributed by atoms with Crippen molar-refractivity contribution in [1.82, 2.24) is 10.2 Å². The Kier molecular flexibility index (Phi) is 8.33. The predicted octanol–water partition coefficient (Wildman–Crippen LogP) is 0.348. The summed E-state index contributed by atoms with van der Waals surface area (Å²) in [5.74, 6) is -1.33. The summed E-state index contributed by atoms with van der Waals surface area (Å²) in [6, 6.07) is 1.82. The highest BCUT2D eigenvalue weighted by atomic mass is 16.5. The fourth-order valence-corrected chi connectivity index (χ4v) is 2.34. The quantitative estimate of drug-likeness (QED) is 0.405. The van der Waals surface area contributed by atoms with E-state index in [0.717, 1.165) is 0 Å². The molecule has 1 rings (SSSR count). The van der Waals surface area contributed by atoms with E-state index in [0.29, 0.717) is 32.5 Å². The van der Waals surface area contributed by atoms with Gasteiger partial charge in [-0.25, -0.2) is 0 Å². The molecule has 0 aromatic rings. The van der Waals surface area contributed by atoms with E-state index in [1.54, 1.807) is 13.8 Å². The van der Waals surface area contributed by atoms with E-state index in [1.165, 1.54) is 11.1 Å². The second-order valence-electron chi connectivity index (χ2n) is 5.17. The number of nitrogens with zero attached hydrogens (tertiary/aromatic N) is 2. The molecule has 1 fully saturated rings. The number of esters is 2. The second-order valence-corrected chi connectivity index (χ2v) is 5.17. The molecule has 0 bridgehead atoms. The highest BCUT2D eigenvalue weighted by Gasteiger charge is 2.29. The third-order valence-electron chi connectivity index (χ3n) is 3.55. The van der Waals surface area contributed by atoms with Gasteiger partial charge in [-0.1, -0.05) is 0 Å². The van der Waals surface area contributed by atoms with Crippen LogP contribution in [0.3, 0.4) is 0 Å². The number of hydrogen-bond donors (Lipinski definition) is 1. The summed E-state index contributed by atoms with van der Waals surface area (Å²) in [4.78, 5) is 36.7. The SMILES string of the molecule is CCOC(=O)CN/C=C(/C#N)C(=O)N1CCC(C(=O)OCC)CC1. The van der Waals surface area contributed by atoms with Gasteiger partial charge < -0.3 is 19.7 Å². The minimum Gasteiger partial charge on any atom is -0.466 e. The summed E-state index contributed by atoms with van der Waals surface area (Å²) in [5.41, 5.74) is -0.0890. The molecular weight excluding hydrogens is 314 g/mol. The van der Waals surface area contributed by atoms with Gasteiger partial charge in [0.15, 0.2) is 0 Å². The third-order valence-corrected chi connectivity index (χ3v) is 3.55. The first kappa shape index (κ1) is 19.5. The fraction of sp³-hybridized carbons (Fsp3) is 0.625. The van der Waals surface area contributed by atoms with Crippen LogP contribution >= 0.6 is 0 Å². The van der Waals surface area contributed by atoms with E-state index < -0.39 is 11.9 Å². The Morgan fingerprint density at radius 1 is 1.21 bits per heavy atom. The Bertz CT molecular complexity index is 530. The summed E-state index contributed by atoms with van der Waals surface area (Å²) in [6.07, 6.45) is 2.25. The normalized spacial score (nSPS) is 15.4. The molecular formula is C16H23N3O5. The number of carbonyl (C=O) groups excluding carboxylic acids is 3. The highest BCUT2D eigenvalue weighted by Crippen LogP contribution is 2.19. The lowest BCUT2D eigenvalue weighted by atomic mass is 9.96. The Morgan fingerprint density at radius 3 is 2.38 bits per heavy atom. The molecule has 0 aromatic heterocycles. The fourth-order valence-electron chi connectivity index (χ4n) is 2.34. The zero-order valence-electron chi connectivity index (χ0n) is 14.0. The summed E-state index contributed by atoms with van der Waals surface area (Å²) in [5, 5.41) is 11.7. The van der Waals surface area contributed by atoms with Crippen molar-refractivity contribution in [1.29, 1.82) is 5.26 Å². The van der Waals surface area contributed by atoms with Crippen LogP contribution in [0.2, 0.25) is 0 Å². The molecule has 1 heterocycles. The minimum absolute atomic E-state index is 0.0890. The molecule has 0 unspecified atom stereocenters. The molecule has 1 saturated heterocycles. The van der Waals surface area contributed by atoms with E-state index in [4.69, 9.17) is 14.7 Å². The molecule has 0 aromatic carbocycles. The standard InChI is InChI=1S/C16H23N3O5/c1-3-23-14(20)11-18-10-13(9-17)15(21)19-7-5-12(6-8-19)16(22)24-4-2/h10,12,18H,3-8,11H2,1-2H3/b13-10-. The lowest BCUT2D eigenvalue weighted by molar-refractivity contribution is -0.150. The molecule has 132 valence electrons. The van der Waals surface area contributed by atoms with Gasteiger partial charge in [-0.05, 0) is 26.7 Å². The maximum Gasteiger partial charge on any atom is 0.325 e. The summed E-state index contributed by atoms with van der Waals surface area (Å²) >= 11 is 0. The van der Waals surface area contributed by atoms with Gasteiger partial charge in [0.25, 0.3) is 5.91 Å². The van der Waals surface area contributed by atoms with Crippen molar-refractivity contribution in [2.75, 3.05) is 32.8 Å². The summed E-state index contributed by atoms with van der Waals surface area (Å²) < 4.78 is 9.72. The molecule has 8 heteroatoms. The number of hydrogen-bond acceptors (Lipinski definition) is 7. The molecule has 0 spiro atoms. The van der Waals surface area contributed by atoms with Crippen molar-refractivity contribution < 1.29 is 23.9 Å². The van der Waals surface area contributed by atoms with Gasteiger partial charge in [-0.15, -0.1) is 0 Å². The monoisotopic (exact) mass is 337 g/mol. The van der Waals surface area contributed by atoms with Crippen LogP contribution in [0.1, 0.15) is 26.7 Å². The van der Waals surface area contributed by atoms with Crippen LogP contribution in [0.5, 0.6) is 0 Å². The molecule has 0 saturated carbocycles. The van der Waals surface area contributed by atoms with Crippen molar-refractivity contribution >= 4 is 17.8 Å². The molecule has 1 N–H and O–H groups in total. The average Bonchev–Trinajstić information content (AvgIpc) is 2.59. The van der Waals surface area contributed by atoms with Crippen LogP contribution in [-0.4, -0.2) is 55.6 Å². The largest absolute Gasteiger partial charge is 0.466 e. The molecule has 0 aliphatic carbocycles. The lowest BCUT2D eigenvalue weighted by Gasteiger charge is -2.30. The third kappa shape index (κ3) is 5.91. The number of likely N-dealkylation sites (tertiary alicyclic amines) is 1. The topological polar surface area (TPSA) is 109 Å². The average molecular weight is 337 g/mol. The first-order valence-electron chi connectivity index (χ1n) is 7.98. The Labute approximate surface area is 141 Å². The smallest absolute Gasteiger partial charge is 0.325 e. The zero-order chi connectivity index (χ0) is 17.9. The molecule has 8 nitrogen and oxygen atoms in total. The summed E-state index contributed by atoms with van der Waals surface area (Å²) in [6.45, 7) is 4.71. The van der Waals surface area contributed by atoms with Gasteiger partial charge in [0.05, 0.1) is 19.1 Å². The van der Waals surface area contributed by atoms with E-state index in [9.17, 15) is 14.4 Å². The molecule has 0 atom stereocenters. The number of nitrogens with one attached hydrogen (secondary N) is 1. The van der Waals surface area contributed by atoms with Crippen LogP contribution in [0.4, 0.5) is 0 Å². The van der Waals surface area contributed by atoms with E-state index in [-0.39, 0.29) is 30.6 Å². The highest BCUT2D eigenvalue weighted by molar-refractivity contribution is 5.97. The van der Waals surface area contributed by atoms with Crippen molar-refractivity contribution in [3.8, 4) is 6.07 Å². The number of amides is 1. The van der Waals surface area contributed by atoms with Gasteiger partial charge in [0.1, 0.15) is 18.2 Å². The Balaban J connectivity index is 2.51.